The first-order valence-electron chi connectivity index (χ1n) is 10.2. The summed E-state index contributed by atoms with van der Waals surface area (Å²) in [4.78, 5) is 11.2. The summed E-state index contributed by atoms with van der Waals surface area (Å²) >= 11 is 0. The maximum atomic E-state index is 11.2. The molecule has 0 aliphatic carbocycles. The van der Waals surface area contributed by atoms with Gasteiger partial charge >= 0.3 is 5.97 Å². The Morgan fingerprint density at radius 2 is 1.76 bits per heavy atom. The third kappa shape index (κ3) is 12.7. The molecule has 0 aromatic carbocycles. The van der Waals surface area contributed by atoms with Crippen molar-refractivity contribution < 1.29 is 14.3 Å². The van der Waals surface area contributed by atoms with Crippen molar-refractivity contribution in [1.82, 2.24) is 0 Å². The van der Waals surface area contributed by atoms with Crippen LogP contribution in [0.3, 0.4) is 0 Å². The van der Waals surface area contributed by atoms with Gasteiger partial charge in [0.2, 0.25) is 0 Å². The second-order valence-electron chi connectivity index (χ2n) is 6.75. The standard InChI is InChI=1S/C22H36O3/c1-3-5-6-7-8-9-10-11-12-13-14-15-17-20-21(25-20)18-16-19-22(23)24-4-2/h13-14,20-21H,3-12,16,18-19H2,1-2H3/b14-13+/t20-,21-/m1/s1. The molecule has 0 bridgehead atoms. The Bertz CT molecular complexity index is 430. The van der Waals surface area contributed by atoms with Crippen LogP contribution in [0.25, 0.3) is 0 Å². The van der Waals surface area contributed by atoms with E-state index in [1.807, 2.05) is 13.0 Å². The van der Waals surface area contributed by atoms with E-state index >= 15 is 0 Å². The minimum atomic E-state index is -0.116. The number of ether oxygens (including phenoxy) is 2. The predicted molar refractivity (Wildman–Crippen MR) is 103 cm³/mol. The smallest absolute Gasteiger partial charge is 0.305 e. The van der Waals surface area contributed by atoms with E-state index in [0.717, 1.165) is 19.3 Å². The Kier molecular flexibility index (Phi) is 13.1. The lowest BCUT2D eigenvalue weighted by Gasteiger charge is -1.99. The molecular weight excluding hydrogens is 312 g/mol. The second-order valence-corrected chi connectivity index (χ2v) is 6.75. The fourth-order valence-corrected chi connectivity index (χ4v) is 2.84. The zero-order valence-electron chi connectivity index (χ0n) is 16.2. The van der Waals surface area contributed by atoms with Crippen LogP contribution in [-0.2, 0) is 14.3 Å². The molecule has 0 N–H and O–H groups in total. The molecule has 1 heterocycles. The van der Waals surface area contributed by atoms with Gasteiger partial charge in [0.1, 0.15) is 6.10 Å². The Hall–Kier alpha value is -1.27. The summed E-state index contributed by atoms with van der Waals surface area (Å²) in [6.07, 6.45) is 18.6. The summed E-state index contributed by atoms with van der Waals surface area (Å²) < 4.78 is 10.4. The molecule has 1 fully saturated rings. The highest BCUT2D eigenvalue weighted by molar-refractivity contribution is 5.69. The Morgan fingerprint density at radius 3 is 2.48 bits per heavy atom. The lowest BCUT2D eigenvalue weighted by molar-refractivity contribution is -0.143. The highest BCUT2D eigenvalue weighted by Gasteiger charge is 2.36. The largest absolute Gasteiger partial charge is 0.466 e. The summed E-state index contributed by atoms with van der Waals surface area (Å²) in [5.74, 6) is 6.08. The Labute approximate surface area is 154 Å². The molecule has 142 valence electrons. The van der Waals surface area contributed by atoms with E-state index in [2.05, 4.69) is 24.8 Å². The molecule has 0 amide bonds. The molecule has 0 unspecified atom stereocenters. The van der Waals surface area contributed by atoms with Crippen LogP contribution in [0, 0.1) is 11.8 Å². The van der Waals surface area contributed by atoms with Gasteiger partial charge in [-0.05, 0) is 38.7 Å². The number of carbonyl (C=O) groups excluding carboxylic acids is 1. The van der Waals surface area contributed by atoms with Gasteiger partial charge in [-0.1, -0.05) is 69.8 Å². The summed E-state index contributed by atoms with van der Waals surface area (Å²) in [5.41, 5.74) is 0. The maximum Gasteiger partial charge on any atom is 0.305 e. The summed E-state index contributed by atoms with van der Waals surface area (Å²) in [6, 6.07) is 0. The predicted octanol–water partition coefficient (Wildman–Crippen LogP) is 5.58. The fraction of sp³-hybridized carbons (Fsp3) is 0.773. The number of epoxide rings is 1. The lowest BCUT2D eigenvalue weighted by atomic mass is 10.1. The molecule has 1 saturated heterocycles. The van der Waals surface area contributed by atoms with Crippen molar-refractivity contribution in [3.63, 3.8) is 0 Å². The highest BCUT2D eigenvalue weighted by Crippen LogP contribution is 2.26. The molecule has 0 spiro atoms. The third-order valence-electron chi connectivity index (χ3n) is 4.41. The highest BCUT2D eigenvalue weighted by atomic mass is 16.6. The summed E-state index contributed by atoms with van der Waals surface area (Å²) in [7, 11) is 0. The van der Waals surface area contributed by atoms with Gasteiger partial charge in [-0.2, -0.15) is 0 Å². The molecule has 1 aliphatic heterocycles. The van der Waals surface area contributed by atoms with Crippen LogP contribution in [0.15, 0.2) is 12.2 Å². The van der Waals surface area contributed by atoms with E-state index in [0.29, 0.717) is 13.0 Å². The van der Waals surface area contributed by atoms with Gasteiger partial charge in [-0.25, -0.2) is 0 Å². The van der Waals surface area contributed by atoms with Crippen LogP contribution in [0.1, 0.15) is 90.9 Å². The monoisotopic (exact) mass is 348 g/mol. The fourth-order valence-electron chi connectivity index (χ4n) is 2.84. The van der Waals surface area contributed by atoms with Crippen molar-refractivity contribution in [3.8, 4) is 11.8 Å². The van der Waals surface area contributed by atoms with Crippen LogP contribution < -0.4 is 0 Å². The number of rotatable bonds is 14. The molecule has 0 radical (unpaired) electrons. The van der Waals surface area contributed by atoms with Crippen molar-refractivity contribution in [2.45, 2.75) is 103 Å². The number of unbranched alkanes of at least 4 members (excludes halogenated alkanes) is 8. The van der Waals surface area contributed by atoms with E-state index in [9.17, 15) is 4.79 Å². The van der Waals surface area contributed by atoms with Gasteiger partial charge in [0, 0.05) is 6.42 Å². The quantitative estimate of drug-likeness (QED) is 0.178. The molecule has 3 nitrogen and oxygen atoms in total. The van der Waals surface area contributed by atoms with Crippen LogP contribution in [-0.4, -0.2) is 24.8 Å². The molecule has 1 rings (SSSR count). The van der Waals surface area contributed by atoms with Crippen LogP contribution in [0.2, 0.25) is 0 Å². The van der Waals surface area contributed by atoms with Crippen molar-refractivity contribution in [3.05, 3.63) is 12.2 Å². The number of allylic oxidation sites excluding steroid dienone is 2. The van der Waals surface area contributed by atoms with Crippen molar-refractivity contribution in [2.24, 2.45) is 0 Å². The Balaban J connectivity index is 1.91. The molecule has 0 aromatic rings. The van der Waals surface area contributed by atoms with Gasteiger partial charge in [-0.3, -0.25) is 4.79 Å². The number of esters is 1. The third-order valence-corrected chi connectivity index (χ3v) is 4.41. The van der Waals surface area contributed by atoms with Gasteiger partial charge in [0.25, 0.3) is 0 Å². The van der Waals surface area contributed by atoms with Gasteiger partial charge in [-0.15, -0.1) is 0 Å². The van der Waals surface area contributed by atoms with E-state index in [1.165, 1.54) is 51.4 Å². The van der Waals surface area contributed by atoms with Gasteiger partial charge in [0.05, 0.1) is 12.7 Å². The van der Waals surface area contributed by atoms with E-state index < -0.39 is 0 Å². The number of hydrogen-bond acceptors (Lipinski definition) is 3. The zero-order chi connectivity index (χ0) is 18.2. The molecule has 3 heteroatoms. The first-order chi connectivity index (χ1) is 12.3. The van der Waals surface area contributed by atoms with Crippen LogP contribution in [0.5, 0.6) is 0 Å². The van der Waals surface area contributed by atoms with E-state index in [-0.39, 0.29) is 18.2 Å². The van der Waals surface area contributed by atoms with Gasteiger partial charge in [0.15, 0.2) is 0 Å². The maximum absolute atomic E-state index is 11.2. The average Bonchev–Trinajstić information content (AvgIpc) is 3.34. The van der Waals surface area contributed by atoms with E-state index in [1.54, 1.807) is 0 Å². The van der Waals surface area contributed by atoms with Crippen molar-refractivity contribution in [2.75, 3.05) is 6.61 Å². The van der Waals surface area contributed by atoms with Crippen LogP contribution in [0.4, 0.5) is 0 Å². The first kappa shape index (κ1) is 21.8. The molecule has 1 aliphatic rings. The minimum Gasteiger partial charge on any atom is -0.466 e. The summed E-state index contributed by atoms with van der Waals surface area (Å²) in [6.45, 7) is 4.55. The SMILES string of the molecule is CCCCCCCCCC/C=C/C#C[C@H]1O[C@@H]1CCCC(=O)OCC. The zero-order valence-corrected chi connectivity index (χ0v) is 16.2. The lowest BCUT2D eigenvalue weighted by Crippen LogP contribution is -2.04. The van der Waals surface area contributed by atoms with Gasteiger partial charge < -0.3 is 9.47 Å². The molecule has 0 aromatic heterocycles. The molecular formula is C22H36O3. The molecule has 25 heavy (non-hydrogen) atoms. The Morgan fingerprint density at radius 1 is 1.04 bits per heavy atom. The number of hydrogen-bond donors (Lipinski definition) is 0. The first-order valence-corrected chi connectivity index (χ1v) is 10.2. The average molecular weight is 349 g/mol. The minimum absolute atomic E-state index is 0.0648. The van der Waals surface area contributed by atoms with E-state index in [4.69, 9.17) is 9.47 Å². The summed E-state index contributed by atoms with van der Waals surface area (Å²) in [5, 5.41) is 0. The normalized spacial score (nSPS) is 18.8. The molecule has 0 saturated carbocycles. The van der Waals surface area contributed by atoms with Crippen molar-refractivity contribution in [1.29, 1.82) is 0 Å². The topological polar surface area (TPSA) is 38.8 Å². The number of carbonyl (C=O) groups is 1. The van der Waals surface area contributed by atoms with Crippen LogP contribution >= 0.6 is 0 Å². The van der Waals surface area contributed by atoms with Crippen molar-refractivity contribution >= 4 is 5.97 Å². The second kappa shape index (κ2) is 15.0. The molecule has 2 atom stereocenters.